The average molecular weight is 648 g/mol. The van der Waals surface area contributed by atoms with Crippen LogP contribution in [-0.4, -0.2) is 116 Å². The zero-order chi connectivity index (χ0) is 35.3. The van der Waals surface area contributed by atoms with Crippen LogP contribution in [0.25, 0.3) is 0 Å². The molecule has 18 heteroatoms. The highest BCUT2D eigenvalue weighted by atomic mass is 16.4. The second kappa shape index (κ2) is 18.8. The number of nitrogens with one attached hydrogen (secondary N) is 5. The van der Waals surface area contributed by atoms with Crippen LogP contribution in [0, 0.1) is 11.8 Å². The number of rotatable bonds is 19. The predicted octanol–water partition coefficient (Wildman–Crippen LogP) is -4.46. The molecule has 0 aliphatic rings. The van der Waals surface area contributed by atoms with Gasteiger partial charge in [0.1, 0.15) is 24.2 Å². The summed E-state index contributed by atoms with van der Waals surface area (Å²) >= 11 is 0. The van der Waals surface area contributed by atoms with Crippen molar-refractivity contribution in [2.75, 3.05) is 0 Å². The number of primary amides is 1. The maximum absolute atomic E-state index is 13.2. The average Bonchev–Trinajstić information content (AvgIpc) is 2.92. The molecule has 0 spiro atoms. The van der Waals surface area contributed by atoms with Crippen LogP contribution in [0.5, 0.6) is 0 Å². The van der Waals surface area contributed by atoms with Gasteiger partial charge in [-0.1, -0.05) is 34.1 Å². The van der Waals surface area contributed by atoms with Crippen molar-refractivity contribution in [3.8, 4) is 0 Å². The highest BCUT2D eigenvalue weighted by molar-refractivity contribution is 5.98. The van der Waals surface area contributed by atoms with Crippen molar-refractivity contribution in [3.63, 3.8) is 0 Å². The Morgan fingerprint density at radius 3 is 1.36 bits per heavy atom. The van der Waals surface area contributed by atoms with E-state index in [4.69, 9.17) is 11.5 Å². The number of aliphatic hydroxyl groups is 3. The van der Waals surface area contributed by atoms with E-state index in [1.54, 1.807) is 20.8 Å². The SMILES string of the molecule is CCC(C)C(N)C(=O)NC(C(=O)NC(C(=O)NC(CC(N)=O)C(=O)NC(C(=O)NC(C(=O)O)C(C)O)C(C)O)C(C)O)C(C)C. The lowest BCUT2D eigenvalue weighted by Gasteiger charge is -2.29. The summed E-state index contributed by atoms with van der Waals surface area (Å²) in [6.07, 6.45) is -4.95. The first-order valence-electron chi connectivity index (χ1n) is 14.5. The molecule has 0 bridgehead atoms. The lowest BCUT2D eigenvalue weighted by atomic mass is 9.97. The molecule has 258 valence electrons. The minimum absolute atomic E-state index is 0.193. The summed E-state index contributed by atoms with van der Waals surface area (Å²) in [6.45, 7) is 10.2. The number of carbonyl (C=O) groups is 7. The lowest BCUT2D eigenvalue weighted by Crippen LogP contribution is -2.63. The first-order valence-corrected chi connectivity index (χ1v) is 14.5. The van der Waals surface area contributed by atoms with E-state index < -0.39 is 108 Å². The zero-order valence-corrected chi connectivity index (χ0v) is 26.6. The maximum Gasteiger partial charge on any atom is 0.328 e. The molecule has 0 heterocycles. The van der Waals surface area contributed by atoms with E-state index in [1.165, 1.54) is 0 Å². The molecule has 0 fully saturated rings. The van der Waals surface area contributed by atoms with Crippen LogP contribution < -0.4 is 38.1 Å². The number of carboxylic acids is 1. The van der Waals surface area contributed by atoms with Gasteiger partial charge in [-0.3, -0.25) is 28.8 Å². The van der Waals surface area contributed by atoms with Crippen LogP contribution in [0.4, 0.5) is 0 Å². The molecule has 0 aromatic heterocycles. The second-order valence-corrected chi connectivity index (χ2v) is 11.4. The second-order valence-electron chi connectivity index (χ2n) is 11.4. The van der Waals surface area contributed by atoms with Crippen molar-refractivity contribution in [1.82, 2.24) is 26.6 Å². The van der Waals surface area contributed by atoms with Crippen molar-refractivity contribution in [2.24, 2.45) is 23.3 Å². The molecule has 0 saturated heterocycles. The molecule has 0 aliphatic heterocycles. The van der Waals surface area contributed by atoms with E-state index >= 15 is 0 Å². The molecular weight excluding hydrogens is 598 g/mol. The van der Waals surface area contributed by atoms with E-state index in [9.17, 15) is 54.0 Å². The fourth-order valence-corrected chi connectivity index (χ4v) is 3.91. The van der Waals surface area contributed by atoms with E-state index in [1.807, 2.05) is 12.2 Å². The first-order chi connectivity index (χ1) is 20.7. The van der Waals surface area contributed by atoms with Crippen molar-refractivity contribution in [1.29, 1.82) is 0 Å². The number of aliphatic hydroxyl groups excluding tert-OH is 3. The summed E-state index contributed by atoms with van der Waals surface area (Å²) in [5.41, 5.74) is 11.2. The predicted molar refractivity (Wildman–Crippen MR) is 158 cm³/mol. The van der Waals surface area contributed by atoms with E-state index in [0.29, 0.717) is 6.42 Å². The van der Waals surface area contributed by atoms with Crippen LogP contribution in [0.2, 0.25) is 0 Å². The van der Waals surface area contributed by atoms with Crippen LogP contribution in [-0.2, 0) is 33.6 Å². The van der Waals surface area contributed by atoms with Gasteiger partial charge in [-0.15, -0.1) is 0 Å². The van der Waals surface area contributed by atoms with Gasteiger partial charge in [0.05, 0.1) is 30.8 Å². The Bertz CT molecular complexity index is 1070. The summed E-state index contributed by atoms with van der Waals surface area (Å²) in [6, 6.07) is -9.19. The number of amides is 6. The third-order valence-corrected chi connectivity index (χ3v) is 7.02. The molecule has 10 unspecified atom stereocenters. The van der Waals surface area contributed by atoms with Crippen molar-refractivity contribution < 1.29 is 54.0 Å². The topological polar surface area (TPSA) is 313 Å². The molecular formula is C27H49N7O11. The van der Waals surface area contributed by atoms with Crippen LogP contribution >= 0.6 is 0 Å². The van der Waals surface area contributed by atoms with Crippen LogP contribution in [0.1, 0.15) is 61.3 Å². The number of aliphatic carboxylic acids is 1. The Labute approximate surface area is 261 Å². The molecule has 0 aliphatic carbocycles. The molecule has 0 saturated carbocycles. The summed E-state index contributed by atoms with van der Waals surface area (Å²) in [4.78, 5) is 87.7. The van der Waals surface area contributed by atoms with Crippen LogP contribution in [0.15, 0.2) is 0 Å². The number of hydrogen-bond donors (Lipinski definition) is 11. The summed E-state index contributed by atoms with van der Waals surface area (Å²) < 4.78 is 0. The first kappa shape index (κ1) is 41.1. The minimum atomic E-state index is -1.81. The highest BCUT2D eigenvalue weighted by Crippen LogP contribution is 2.09. The Hall–Kier alpha value is -3.87. The van der Waals surface area contributed by atoms with Gasteiger partial charge in [0.25, 0.3) is 0 Å². The smallest absolute Gasteiger partial charge is 0.328 e. The zero-order valence-electron chi connectivity index (χ0n) is 26.6. The Balaban J connectivity index is 5.96. The molecule has 0 rings (SSSR count). The number of hydrogen-bond acceptors (Lipinski definition) is 11. The third-order valence-electron chi connectivity index (χ3n) is 7.02. The van der Waals surface area contributed by atoms with Gasteiger partial charge in [0, 0.05) is 0 Å². The third kappa shape index (κ3) is 13.3. The molecule has 0 aromatic carbocycles. The van der Waals surface area contributed by atoms with Gasteiger partial charge in [0.15, 0.2) is 6.04 Å². The standard InChI is InChI=1S/C27H49N7O11/c1-8-11(4)17(29)23(40)31-18(10(2)3)24(41)33-19(12(5)35)25(42)30-15(9-16(28)38)22(39)32-20(13(6)36)26(43)34-21(14(7)37)27(44)45/h10-15,17-21,35-37H,8-9,29H2,1-7H3,(H2,28,38)(H,30,42)(H,31,40)(H,32,39)(H,33,41)(H,34,43)(H,44,45). The molecule has 0 radical (unpaired) electrons. The van der Waals surface area contributed by atoms with E-state index in [-0.39, 0.29) is 5.92 Å². The number of carboxylic acid groups (broad SMARTS) is 1. The normalized spacial score (nSPS) is 18.0. The molecule has 13 N–H and O–H groups in total. The maximum atomic E-state index is 13.2. The van der Waals surface area contributed by atoms with Gasteiger partial charge in [0.2, 0.25) is 35.4 Å². The quantitative estimate of drug-likeness (QED) is 0.0632. The van der Waals surface area contributed by atoms with Gasteiger partial charge >= 0.3 is 5.97 Å². The van der Waals surface area contributed by atoms with Crippen molar-refractivity contribution >= 4 is 41.4 Å². The minimum Gasteiger partial charge on any atom is -0.480 e. The van der Waals surface area contributed by atoms with Gasteiger partial charge < -0.3 is 58.5 Å². The fraction of sp³-hybridized carbons (Fsp3) is 0.741. The largest absolute Gasteiger partial charge is 0.480 e. The Morgan fingerprint density at radius 2 is 0.978 bits per heavy atom. The number of carbonyl (C=O) groups excluding carboxylic acids is 6. The van der Waals surface area contributed by atoms with Crippen LogP contribution in [0.3, 0.4) is 0 Å². The van der Waals surface area contributed by atoms with Gasteiger partial charge in [-0.05, 0) is 32.6 Å². The van der Waals surface area contributed by atoms with E-state index in [2.05, 4.69) is 21.3 Å². The fourth-order valence-electron chi connectivity index (χ4n) is 3.91. The molecule has 0 aromatic rings. The number of nitrogens with two attached hydrogens (primary N) is 2. The monoisotopic (exact) mass is 647 g/mol. The van der Waals surface area contributed by atoms with Gasteiger partial charge in [-0.2, -0.15) is 0 Å². The van der Waals surface area contributed by atoms with Crippen molar-refractivity contribution in [2.45, 2.75) is 116 Å². The molecule has 18 nitrogen and oxygen atoms in total. The Kier molecular flexibility index (Phi) is 17.2. The molecule has 6 amide bonds. The summed E-state index contributed by atoms with van der Waals surface area (Å²) in [5.74, 6) is -8.39. The van der Waals surface area contributed by atoms with E-state index in [0.717, 1.165) is 20.8 Å². The molecule has 10 atom stereocenters. The lowest BCUT2D eigenvalue weighted by molar-refractivity contribution is -0.146. The molecule has 45 heavy (non-hydrogen) atoms. The summed E-state index contributed by atoms with van der Waals surface area (Å²) in [7, 11) is 0. The highest BCUT2D eigenvalue weighted by Gasteiger charge is 2.37. The Morgan fingerprint density at radius 1 is 0.600 bits per heavy atom. The van der Waals surface area contributed by atoms with Gasteiger partial charge in [-0.25, -0.2) is 4.79 Å². The summed E-state index contributed by atoms with van der Waals surface area (Å²) in [5, 5.41) is 50.3. The van der Waals surface area contributed by atoms with Crippen molar-refractivity contribution in [3.05, 3.63) is 0 Å².